The van der Waals surface area contributed by atoms with E-state index in [2.05, 4.69) is 16.8 Å². The second-order valence-corrected chi connectivity index (χ2v) is 3.11. The van der Waals surface area contributed by atoms with E-state index in [-0.39, 0.29) is 0 Å². The van der Waals surface area contributed by atoms with Crippen molar-refractivity contribution in [1.82, 2.24) is 5.43 Å². The first-order chi connectivity index (χ1) is 6.90. The van der Waals surface area contributed by atoms with E-state index in [0.717, 1.165) is 5.56 Å². The largest absolute Gasteiger partial charge is 0.269 e. The minimum absolute atomic E-state index is 0.480. The molecule has 0 amide bonds. The molecular weight excluding hydrogens is 176 g/mol. The number of nitrogens with zero attached hydrogens (tertiary/aromatic N) is 1. The molecular formula is C11H10N2O. The Kier molecular flexibility index (Phi) is 2.40. The van der Waals surface area contributed by atoms with E-state index in [1.807, 2.05) is 36.4 Å². The van der Waals surface area contributed by atoms with Crippen molar-refractivity contribution in [2.24, 2.45) is 5.29 Å². The number of rotatable bonds is 3. The summed E-state index contributed by atoms with van der Waals surface area (Å²) in [6.45, 7) is 0.480. The molecule has 1 N–H and O–H groups in total. The molecule has 14 heavy (non-hydrogen) atoms. The molecule has 3 nitrogen and oxygen atoms in total. The molecule has 0 saturated carbocycles. The third-order valence-corrected chi connectivity index (χ3v) is 2.16. The van der Waals surface area contributed by atoms with Crippen molar-refractivity contribution in [3.05, 3.63) is 52.9 Å². The summed E-state index contributed by atoms with van der Waals surface area (Å²) in [6.07, 6.45) is 0. The zero-order valence-electron chi connectivity index (χ0n) is 7.60. The molecule has 70 valence electrons. The first-order valence-electron chi connectivity index (χ1n) is 4.43. The topological polar surface area (TPSA) is 41.5 Å². The predicted molar refractivity (Wildman–Crippen MR) is 56.6 cm³/mol. The van der Waals surface area contributed by atoms with Crippen LogP contribution in [0.25, 0.3) is 10.8 Å². The lowest BCUT2D eigenvalue weighted by Gasteiger charge is -2.01. The van der Waals surface area contributed by atoms with E-state index in [4.69, 9.17) is 0 Å². The summed E-state index contributed by atoms with van der Waals surface area (Å²) < 4.78 is 0. The van der Waals surface area contributed by atoms with Crippen molar-refractivity contribution in [3.63, 3.8) is 0 Å². The second kappa shape index (κ2) is 3.87. The lowest BCUT2D eigenvalue weighted by molar-refractivity contribution is 0.737. The molecule has 0 bridgehead atoms. The summed E-state index contributed by atoms with van der Waals surface area (Å²) in [5.41, 5.74) is 3.46. The molecule has 3 heteroatoms. The van der Waals surface area contributed by atoms with Crippen LogP contribution in [0, 0.1) is 4.91 Å². The van der Waals surface area contributed by atoms with Gasteiger partial charge in [0.05, 0.1) is 6.54 Å². The van der Waals surface area contributed by atoms with E-state index in [9.17, 15) is 4.91 Å². The second-order valence-electron chi connectivity index (χ2n) is 3.11. The smallest absolute Gasteiger partial charge is 0.0612 e. The fourth-order valence-corrected chi connectivity index (χ4v) is 1.47. The molecule has 0 aliphatic rings. The summed E-state index contributed by atoms with van der Waals surface area (Å²) in [4.78, 5) is 9.88. The highest BCUT2D eigenvalue weighted by Gasteiger charge is 1.94. The maximum absolute atomic E-state index is 9.88. The Bertz CT molecular complexity index is 454. The van der Waals surface area contributed by atoms with Crippen LogP contribution in [-0.4, -0.2) is 0 Å². The molecule has 2 aromatic carbocycles. The van der Waals surface area contributed by atoms with Crippen LogP contribution < -0.4 is 5.43 Å². The highest BCUT2D eigenvalue weighted by molar-refractivity contribution is 5.82. The fraction of sp³-hybridized carbons (Fsp3) is 0.0909. The van der Waals surface area contributed by atoms with Crippen LogP contribution in [-0.2, 0) is 6.54 Å². The summed E-state index contributed by atoms with van der Waals surface area (Å²) in [6, 6.07) is 14.2. The van der Waals surface area contributed by atoms with Crippen LogP contribution in [0.15, 0.2) is 47.8 Å². The van der Waals surface area contributed by atoms with Crippen molar-refractivity contribution < 1.29 is 0 Å². The van der Waals surface area contributed by atoms with Gasteiger partial charge in [-0.05, 0) is 22.4 Å². The standard InChI is InChI=1S/C11H10N2O/c14-13-12-8-9-5-6-10-3-1-2-4-11(10)7-9/h1-7H,8H2,(H,12,14). The molecule has 0 heterocycles. The molecule has 0 unspecified atom stereocenters. The Morgan fingerprint density at radius 1 is 1.07 bits per heavy atom. The average Bonchev–Trinajstić information content (AvgIpc) is 2.26. The average molecular weight is 186 g/mol. The Labute approximate surface area is 81.7 Å². The van der Waals surface area contributed by atoms with Crippen molar-refractivity contribution in [2.75, 3.05) is 0 Å². The van der Waals surface area contributed by atoms with Gasteiger partial charge in [0.2, 0.25) is 0 Å². The predicted octanol–water partition coefficient (Wildman–Crippen LogP) is 2.61. The van der Waals surface area contributed by atoms with Gasteiger partial charge in [-0.25, -0.2) is 0 Å². The number of nitroso groups, excluding NO2 is 1. The fourth-order valence-electron chi connectivity index (χ4n) is 1.47. The monoisotopic (exact) mass is 186 g/mol. The molecule has 0 saturated heterocycles. The van der Waals surface area contributed by atoms with Crippen LogP contribution in [0.3, 0.4) is 0 Å². The molecule has 0 spiro atoms. The van der Waals surface area contributed by atoms with Gasteiger partial charge in [0, 0.05) is 5.29 Å². The molecule has 0 aliphatic heterocycles. The number of nitrogens with one attached hydrogen (secondary N) is 1. The third-order valence-electron chi connectivity index (χ3n) is 2.16. The number of hydrogen-bond donors (Lipinski definition) is 1. The zero-order chi connectivity index (χ0) is 9.80. The molecule has 0 aromatic heterocycles. The molecule has 0 aliphatic carbocycles. The van der Waals surface area contributed by atoms with Crippen LogP contribution in [0.2, 0.25) is 0 Å². The lowest BCUT2D eigenvalue weighted by Crippen LogP contribution is -2.02. The molecule has 2 rings (SSSR count). The Hall–Kier alpha value is -1.90. The number of fused-ring (bicyclic) bond motifs is 1. The van der Waals surface area contributed by atoms with Gasteiger partial charge in [-0.2, -0.15) is 0 Å². The normalized spacial score (nSPS) is 10.0. The van der Waals surface area contributed by atoms with Gasteiger partial charge in [-0.3, -0.25) is 5.43 Å². The molecule has 0 atom stereocenters. The first kappa shape index (κ1) is 8.69. The highest BCUT2D eigenvalue weighted by Crippen LogP contribution is 2.15. The van der Waals surface area contributed by atoms with Crippen molar-refractivity contribution >= 4 is 10.8 Å². The Morgan fingerprint density at radius 2 is 1.86 bits per heavy atom. The summed E-state index contributed by atoms with van der Waals surface area (Å²) in [7, 11) is 0. The Morgan fingerprint density at radius 3 is 2.64 bits per heavy atom. The molecule has 2 aromatic rings. The van der Waals surface area contributed by atoms with Gasteiger partial charge in [-0.15, -0.1) is 4.91 Å². The SMILES string of the molecule is O=NNCc1ccc2ccccc2c1. The number of hydrogen-bond acceptors (Lipinski definition) is 2. The van der Waals surface area contributed by atoms with Gasteiger partial charge in [0.1, 0.15) is 0 Å². The van der Waals surface area contributed by atoms with Crippen LogP contribution in [0.4, 0.5) is 0 Å². The van der Waals surface area contributed by atoms with Crippen LogP contribution in [0.1, 0.15) is 5.56 Å². The minimum atomic E-state index is 0.480. The maximum atomic E-state index is 9.88. The Balaban J connectivity index is 2.36. The van der Waals surface area contributed by atoms with Gasteiger partial charge >= 0.3 is 0 Å². The lowest BCUT2D eigenvalue weighted by atomic mass is 10.1. The van der Waals surface area contributed by atoms with E-state index in [1.54, 1.807) is 0 Å². The van der Waals surface area contributed by atoms with Crippen molar-refractivity contribution in [2.45, 2.75) is 6.54 Å². The van der Waals surface area contributed by atoms with Crippen molar-refractivity contribution in [3.8, 4) is 0 Å². The summed E-state index contributed by atoms with van der Waals surface area (Å²) in [5, 5.41) is 4.99. The van der Waals surface area contributed by atoms with E-state index in [1.165, 1.54) is 10.8 Å². The zero-order valence-corrected chi connectivity index (χ0v) is 7.60. The van der Waals surface area contributed by atoms with E-state index in [0.29, 0.717) is 6.54 Å². The van der Waals surface area contributed by atoms with E-state index < -0.39 is 0 Å². The first-order valence-corrected chi connectivity index (χ1v) is 4.43. The number of benzene rings is 2. The van der Waals surface area contributed by atoms with Crippen LogP contribution >= 0.6 is 0 Å². The van der Waals surface area contributed by atoms with E-state index >= 15 is 0 Å². The third kappa shape index (κ3) is 1.71. The van der Waals surface area contributed by atoms with Gasteiger partial charge in [0.25, 0.3) is 0 Å². The van der Waals surface area contributed by atoms with Gasteiger partial charge in [0.15, 0.2) is 0 Å². The van der Waals surface area contributed by atoms with Gasteiger partial charge < -0.3 is 0 Å². The van der Waals surface area contributed by atoms with Crippen molar-refractivity contribution in [1.29, 1.82) is 0 Å². The van der Waals surface area contributed by atoms with Crippen LogP contribution in [0.5, 0.6) is 0 Å². The highest BCUT2D eigenvalue weighted by atomic mass is 16.3. The summed E-state index contributed by atoms with van der Waals surface area (Å²) in [5.74, 6) is 0. The molecule has 0 radical (unpaired) electrons. The minimum Gasteiger partial charge on any atom is -0.269 e. The maximum Gasteiger partial charge on any atom is 0.0612 e. The quantitative estimate of drug-likeness (QED) is 0.591. The molecule has 0 fully saturated rings. The summed E-state index contributed by atoms with van der Waals surface area (Å²) >= 11 is 0. The van der Waals surface area contributed by atoms with Gasteiger partial charge in [-0.1, -0.05) is 36.4 Å².